The molecule has 5 rings (SSSR count). The third kappa shape index (κ3) is 7.18. The second-order valence-electron chi connectivity index (χ2n) is 11.5. The number of carbonyl (C=O) groups excluding carboxylic acids is 1. The van der Waals surface area contributed by atoms with E-state index in [9.17, 15) is 4.79 Å². The summed E-state index contributed by atoms with van der Waals surface area (Å²) in [5.41, 5.74) is 3.75. The van der Waals surface area contributed by atoms with E-state index in [2.05, 4.69) is 57.0 Å². The van der Waals surface area contributed by atoms with Crippen molar-refractivity contribution in [3.63, 3.8) is 0 Å². The van der Waals surface area contributed by atoms with Gasteiger partial charge in [0.1, 0.15) is 5.75 Å². The highest BCUT2D eigenvalue weighted by Gasteiger charge is 2.29. The van der Waals surface area contributed by atoms with Crippen LogP contribution in [0, 0.1) is 17.8 Å². The molecule has 2 aliphatic heterocycles. The number of likely N-dealkylation sites (tertiary alicyclic amines) is 1. The summed E-state index contributed by atoms with van der Waals surface area (Å²) in [5.74, 6) is 3.32. The molecular weight excluding hydrogens is 488 g/mol. The van der Waals surface area contributed by atoms with Crippen LogP contribution in [0.2, 0.25) is 0 Å². The predicted molar refractivity (Wildman–Crippen MR) is 155 cm³/mol. The van der Waals surface area contributed by atoms with Gasteiger partial charge in [0, 0.05) is 51.1 Å². The molecule has 1 N–H and O–H groups in total. The summed E-state index contributed by atoms with van der Waals surface area (Å²) in [7, 11) is 0. The van der Waals surface area contributed by atoms with Gasteiger partial charge in [0.15, 0.2) is 0 Å². The van der Waals surface area contributed by atoms with Gasteiger partial charge in [-0.15, -0.1) is 0 Å². The van der Waals surface area contributed by atoms with E-state index in [1.807, 2.05) is 12.4 Å². The van der Waals surface area contributed by atoms with Crippen LogP contribution in [0.5, 0.6) is 5.75 Å². The molecule has 1 unspecified atom stereocenters. The number of piperidine rings is 2. The molecular formula is C32H44N4O3. The van der Waals surface area contributed by atoms with Crippen molar-refractivity contribution >= 4 is 17.4 Å². The summed E-state index contributed by atoms with van der Waals surface area (Å²) in [4.78, 5) is 26.5. The van der Waals surface area contributed by atoms with Crippen molar-refractivity contribution in [3.05, 3.63) is 53.9 Å². The van der Waals surface area contributed by atoms with Gasteiger partial charge in [0.25, 0.3) is 0 Å². The van der Waals surface area contributed by atoms with E-state index < -0.39 is 0 Å². The average molecular weight is 533 g/mol. The number of benzene rings is 1. The number of ether oxygens (including phenoxy) is 1. The smallest absolute Gasteiger partial charge is 0.226 e. The second kappa shape index (κ2) is 13.4. The highest BCUT2D eigenvalue weighted by atomic mass is 16.5. The molecule has 1 aromatic carbocycles. The van der Waals surface area contributed by atoms with Gasteiger partial charge in [-0.1, -0.05) is 25.1 Å². The molecule has 2 aromatic rings. The SMILES string of the molecule is CCc1cnc(N2CCC(COc3ccc(C4=CCC(C(=O)N5CCC(CCO)CC5)CC4)cc3)CC2)nc1. The fourth-order valence-electron chi connectivity index (χ4n) is 6.18. The van der Waals surface area contributed by atoms with Crippen molar-refractivity contribution in [2.75, 3.05) is 44.3 Å². The molecule has 210 valence electrons. The van der Waals surface area contributed by atoms with E-state index in [1.54, 1.807) is 0 Å². The lowest BCUT2D eigenvalue weighted by molar-refractivity contribution is -0.137. The molecule has 0 spiro atoms. The molecule has 2 fully saturated rings. The molecule has 3 heterocycles. The molecule has 1 atom stereocenters. The van der Waals surface area contributed by atoms with Gasteiger partial charge in [-0.2, -0.15) is 0 Å². The van der Waals surface area contributed by atoms with Crippen LogP contribution >= 0.6 is 0 Å². The largest absolute Gasteiger partial charge is 0.493 e. The first kappa shape index (κ1) is 27.6. The van der Waals surface area contributed by atoms with Crippen LogP contribution < -0.4 is 9.64 Å². The molecule has 7 heteroatoms. The van der Waals surface area contributed by atoms with Gasteiger partial charge in [-0.25, -0.2) is 9.97 Å². The summed E-state index contributed by atoms with van der Waals surface area (Å²) in [6, 6.07) is 8.49. The Morgan fingerprint density at radius 3 is 2.28 bits per heavy atom. The van der Waals surface area contributed by atoms with Crippen LogP contribution in [-0.4, -0.2) is 65.3 Å². The Labute approximate surface area is 233 Å². The summed E-state index contributed by atoms with van der Waals surface area (Å²) in [6.07, 6.45) is 14.9. The number of anilines is 1. The molecule has 7 nitrogen and oxygen atoms in total. The number of aliphatic hydroxyl groups excluding tert-OH is 1. The first-order valence-corrected chi connectivity index (χ1v) is 15.0. The zero-order chi connectivity index (χ0) is 27.0. The Bertz CT molecular complexity index is 1090. The van der Waals surface area contributed by atoms with E-state index in [1.165, 1.54) is 16.7 Å². The first-order valence-electron chi connectivity index (χ1n) is 15.0. The maximum atomic E-state index is 13.0. The van der Waals surface area contributed by atoms with Crippen molar-refractivity contribution in [2.24, 2.45) is 17.8 Å². The quantitative estimate of drug-likeness (QED) is 0.482. The van der Waals surface area contributed by atoms with Crippen molar-refractivity contribution in [1.29, 1.82) is 0 Å². The molecule has 1 aromatic heterocycles. The third-order valence-electron chi connectivity index (χ3n) is 8.93. The molecule has 1 amide bonds. The fourth-order valence-corrected chi connectivity index (χ4v) is 6.18. The van der Waals surface area contributed by atoms with Gasteiger partial charge in [-0.05, 0) is 98.5 Å². The van der Waals surface area contributed by atoms with Crippen LogP contribution in [0.3, 0.4) is 0 Å². The molecule has 0 saturated carbocycles. The second-order valence-corrected chi connectivity index (χ2v) is 11.5. The van der Waals surface area contributed by atoms with Crippen molar-refractivity contribution in [2.45, 2.75) is 64.7 Å². The van der Waals surface area contributed by atoms with Crippen LogP contribution in [0.1, 0.15) is 69.4 Å². The molecule has 1 aliphatic carbocycles. The number of hydrogen-bond acceptors (Lipinski definition) is 6. The number of carbonyl (C=O) groups is 1. The molecule has 39 heavy (non-hydrogen) atoms. The van der Waals surface area contributed by atoms with E-state index in [0.717, 1.165) is 102 Å². The van der Waals surface area contributed by atoms with Gasteiger partial charge < -0.3 is 19.6 Å². The van der Waals surface area contributed by atoms with E-state index in [4.69, 9.17) is 9.84 Å². The Balaban J connectivity index is 1.04. The standard InChI is InChI=1S/C32H44N4O3/c1-2-24-21-33-32(34-22-24)36-18-13-26(14-19-36)23-39-30-9-7-28(8-10-30)27-3-5-29(6-4-27)31(38)35-16-11-25(12-17-35)15-20-37/h3,7-10,21-22,25-26,29,37H,2,4-6,11-20,23H2,1H3. The van der Waals surface area contributed by atoms with Gasteiger partial charge >= 0.3 is 0 Å². The highest BCUT2D eigenvalue weighted by Crippen LogP contribution is 2.33. The molecule has 0 radical (unpaired) electrons. The Morgan fingerprint density at radius 1 is 0.974 bits per heavy atom. The lowest BCUT2D eigenvalue weighted by Crippen LogP contribution is -2.42. The van der Waals surface area contributed by atoms with E-state index in [0.29, 0.717) is 17.7 Å². The fraction of sp³-hybridized carbons (Fsp3) is 0.594. The maximum Gasteiger partial charge on any atom is 0.226 e. The third-order valence-corrected chi connectivity index (χ3v) is 8.93. The number of allylic oxidation sites excluding steroid dienone is 2. The number of aryl methyl sites for hydroxylation is 1. The highest BCUT2D eigenvalue weighted by molar-refractivity contribution is 5.81. The van der Waals surface area contributed by atoms with Gasteiger partial charge in [0.05, 0.1) is 6.61 Å². The van der Waals surface area contributed by atoms with Crippen molar-refractivity contribution < 1.29 is 14.6 Å². The average Bonchev–Trinajstić information content (AvgIpc) is 3.01. The number of hydrogen-bond donors (Lipinski definition) is 1. The van der Waals surface area contributed by atoms with E-state index in [-0.39, 0.29) is 12.5 Å². The van der Waals surface area contributed by atoms with E-state index >= 15 is 0 Å². The zero-order valence-corrected chi connectivity index (χ0v) is 23.4. The Hall–Kier alpha value is -2.93. The number of aromatic nitrogens is 2. The summed E-state index contributed by atoms with van der Waals surface area (Å²) < 4.78 is 6.16. The van der Waals surface area contributed by atoms with Crippen molar-refractivity contribution in [3.8, 4) is 5.75 Å². The number of amides is 1. The monoisotopic (exact) mass is 532 g/mol. The van der Waals surface area contributed by atoms with Gasteiger partial charge in [-0.3, -0.25) is 4.79 Å². The topological polar surface area (TPSA) is 78.8 Å². The van der Waals surface area contributed by atoms with Crippen LogP contribution in [-0.2, 0) is 11.2 Å². The normalized spacial score (nSPS) is 21.1. The van der Waals surface area contributed by atoms with Crippen LogP contribution in [0.15, 0.2) is 42.7 Å². The number of aliphatic hydroxyl groups is 1. The van der Waals surface area contributed by atoms with Gasteiger partial charge in [0.2, 0.25) is 11.9 Å². The first-order chi connectivity index (χ1) is 19.1. The number of rotatable bonds is 9. The zero-order valence-electron chi connectivity index (χ0n) is 23.4. The Kier molecular flexibility index (Phi) is 9.51. The minimum absolute atomic E-state index is 0.111. The lowest BCUT2D eigenvalue weighted by atomic mass is 9.85. The predicted octanol–water partition coefficient (Wildman–Crippen LogP) is 5.14. The van der Waals surface area contributed by atoms with Crippen LogP contribution in [0.25, 0.3) is 5.57 Å². The minimum atomic E-state index is 0.111. The summed E-state index contributed by atoms with van der Waals surface area (Å²) in [6.45, 7) is 6.75. The minimum Gasteiger partial charge on any atom is -0.493 e. The van der Waals surface area contributed by atoms with Crippen LogP contribution in [0.4, 0.5) is 5.95 Å². The summed E-state index contributed by atoms with van der Waals surface area (Å²) in [5, 5.41) is 9.17. The lowest BCUT2D eigenvalue weighted by Gasteiger charge is -2.35. The van der Waals surface area contributed by atoms with Crippen molar-refractivity contribution in [1.82, 2.24) is 14.9 Å². The summed E-state index contributed by atoms with van der Waals surface area (Å²) >= 11 is 0. The Morgan fingerprint density at radius 2 is 1.67 bits per heavy atom. The number of nitrogens with zero attached hydrogens (tertiary/aromatic N) is 4. The maximum absolute atomic E-state index is 13.0. The molecule has 2 saturated heterocycles. The molecule has 3 aliphatic rings. The molecule has 0 bridgehead atoms.